The summed E-state index contributed by atoms with van der Waals surface area (Å²) in [6.07, 6.45) is 9.04. The van der Waals surface area contributed by atoms with Crippen LogP contribution in [0.15, 0.2) is 59.5 Å². The number of fused-ring (bicyclic) bond motifs is 1. The number of hydrogen-bond acceptors (Lipinski definition) is 2. The van der Waals surface area contributed by atoms with Gasteiger partial charge >= 0.3 is 0 Å². The second-order valence-corrected chi connectivity index (χ2v) is 6.56. The zero-order chi connectivity index (χ0) is 17.5. The molecular weight excluding hydrogens is 308 g/mol. The fourth-order valence-corrected chi connectivity index (χ4v) is 3.29. The van der Waals surface area contributed by atoms with Crippen LogP contribution in [0.3, 0.4) is 0 Å². The van der Waals surface area contributed by atoms with E-state index in [1.54, 1.807) is 6.20 Å². The number of hydrogen-bond donors (Lipinski definition) is 0. The molecular formula is C22H26N2O. The Morgan fingerprint density at radius 1 is 0.920 bits per heavy atom. The van der Waals surface area contributed by atoms with Crippen molar-refractivity contribution in [1.29, 1.82) is 0 Å². The van der Waals surface area contributed by atoms with E-state index in [-0.39, 0.29) is 5.56 Å². The zero-order valence-electron chi connectivity index (χ0n) is 14.9. The van der Waals surface area contributed by atoms with Crippen LogP contribution in [-0.4, -0.2) is 9.55 Å². The first-order valence-electron chi connectivity index (χ1n) is 9.35. The third kappa shape index (κ3) is 4.16. The van der Waals surface area contributed by atoms with Crippen LogP contribution in [0.5, 0.6) is 0 Å². The minimum atomic E-state index is 0.0611. The topological polar surface area (TPSA) is 34.9 Å². The van der Waals surface area contributed by atoms with Gasteiger partial charge in [0.1, 0.15) is 5.65 Å². The maximum atomic E-state index is 13.1. The van der Waals surface area contributed by atoms with Gasteiger partial charge in [-0.2, -0.15) is 0 Å². The van der Waals surface area contributed by atoms with Gasteiger partial charge in [-0.1, -0.05) is 69.4 Å². The molecule has 0 atom stereocenters. The fraction of sp³-hybridized carbons (Fsp3) is 0.364. The van der Waals surface area contributed by atoms with Crippen molar-refractivity contribution < 1.29 is 0 Å². The van der Waals surface area contributed by atoms with E-state index < -0.39 is 0 Å². The number of aromatic nitrogens is 2. The molecule has 25 heavy (non-hydrogen) atoms. The highest BCUT2D eigenvalue weighted by Crippen LogP contribution is 2.20. The molecule has 0 spiro atoms. The molecule has 130 valence electrons. The normalized spacial score (nSPS) is 11.1. The van der Waals surface area contributed by atoms with Crippen LogP contribution in [0, 0.1) is 0 Å². The van der Waals surface area contributed by atoms with Crippen molar-refractivity contribution in [1.82, 2.24) is 9.55 Å². The predicted molar refractivity (Wildman–Crippen MR) is 105 cm³/mol. The lowest BCUT2D eigenvalue weighted by Gasteiger charge is -2.12. The minimum Gasteiger partial charge on any atom is -0.292 e. The third-order valence-electron chi connectivity index (χ3n) is 4.67. The smallest absolute Gasteiger partial charge is 0.260 e. The number of aryl methyl sites for hydroxylation is 1. The Morgan fingerprint density at radius 3 is 2.48 bits per heavy atom. The summed E-state index contributed by atoms with van der Waals surface area (Å²) < 4.78 is 1.86. The van der Waals surface area contributed by atoms with Gasteiger partial charge in [-0.15, -0.1) is 0 Å². The average Bonchev–Trinajstić information content (AvgIpc) is 2.66. The molecule has 3 nitrogen and oxygen atoms in total. The van der Waals surface area contributed by atoms with Crippen LogP contribution in [0.4, 0.5) is 0 Å². The van der Waals surface area contributed by atoms with Crippen molar-refractivity contribution in [2.45, 2.75) is 52.0 Å². The molecule has 0 amide bonds. The summed E-state index contributed by atoms with van der Waals surface area (Å²) in [6, 6.07) is 15.8. The van der Waals surface area contributed by atoms with E-state index in [4.69, 9.17) is 0 Å². The van der Waals surface area contributed by atoms with Crippen LogP contribution in [-0.2, 0) is 6.54 Å². The third-order valence-corrected chi connectivity index (χ3v) is 4.67. The van der Waals surface area contributed by atoms with E-state index >= 15 is 0 Å². The van der Waals surface area contributed by atoms with Gasteiger partial charge in [-0.05, 0) is 30.2 Å². The number of rotatable bonds is 8. The largest absolute Gasteiger partial charge is 0.292 e. The fourth-order valence-electron chi connectivity index (χ4n) is 3.29. The second-order valence-electron chi connectivity index (χ2n) is 6.56. The summed E-state index contributed by atoms with van der Waals surface area (Å²) in [5, 5.41) is 1.02. The molecule has 2 heterocycles. The molecule has 0 aliphatic heterocycles. The van der Waals surface area contributed by atoms with Gasteiger partial charge < -0.3 is 0 Å². The van der Waals surface area contributed by atoms with E-state index in [1.807, 2.05) is 53.1 Å². The van der Waals surface area contributed by atoms with Gasteiger partial charge in [-0.25, -0.2) is 4.98 Å². The van der Waals surface area contributed by atoms with E-state index in [0.717, 1.165) is 41.5 Å². The van der Waals surface area contributed by atoms with Gasteiger partial charge in [0, 0.05) is 23.7 Å². The molecule has 1 aromatic carbocycles. The number of pyridine rings is 2. The zero-order valence-corrected chi connectivity index (χ0v) is 14.9. The summed E-state index contributed by atoms with van der Waals surface area (Å²) in [6.45, 7) is 2.96. The van der Waals surface area contributed by atoms with Crippen molar-refractivity contribution in [2.75, 3.05) is 0 Å². The van der Waals surface area contributed by atoms with Crippen LogP contribution >= 0.6 is 0 Å². The second kappa shape index (κ2) is 8.61. The molecule has 3 heteroatoms. The van der Waals surface area contributed by atoms with E-state index in [1.165, 1.54) is 25.7 Å². The van der Waals surface area contributed by atoms with Gasteiger partial charge in [0.15, 0.2) is 0 Å². The van der Waals surface area contributed by atoms with E-state index in [2.05, 4.69) is 11.9 Å². The highest BCUT2D eigenvalue weighted by Gasteiger charge is 2.11. The quantitative estimate of drug-likeness (QED) is 0.515. The molecule has 3 aromatic rings. The highest BCUT2D eigenvalue weighted by molar-refractivity contribution is 5.81. The van der Waals surface area contributed by atoms with Crippen LogP contribution < -0.4 is 5.56 Å². The molecule has 0 aliphatic carbocycles. The SMILES string of the molecule is CCCCCCCCn1c(=O)c(-c2ccccc2)cc2cccnc21. The van der Waals surface area contributed by atoms with Crippen LogP contribution in [0.25, 0.3) is 22.2 Å². The van der Waals surface area contributed by atoms with E-state index in [9.17, 15) is 4.79 Å². The summed E-state index contributed by atoms with van der Waals surface area (Å²) in [5.41, 5.74) is 2.58. The number of unbranched alkanes of at least 4 members (excludes halogenated alkanes) is 5. The van der Waals surface area contributed by atoms with E-state index in [0.29, 0.717) is 0 Å². The molecule has 0 fully saturated rings. The van der Waals surface area contributed by atoms with Crippen molar-refractivity contribution in [3.8, 4) is 11.1 Å². The molecule has 0 unspecified atom stereocenters. The van der Waals surface area contributed by atoms with Gasteiger partial charge in [0.25, 0.3) is 5.56 Å². The molecule has 0 N–H and O–H groups in total. The lowest BCUT2D eigenvalue weighted by Crippen LogP contribution is -2.23. The van der Waals surface area contributed by atoms with Crippen molar-refractivity contribution >= 4 is 11.0 Å². The predicted octanol–water partition coefficient (Wildman–Crippen LogP) is 5.42. The summed E-state index contributed by atoms with van der Waals surface area (Å²) in [4.78, 5) is 17.5. The first-order chi connectivity index (χ1) is 12.3. The Morgan fingerprint density at radius 2 is 1.68 bits per heavy atom. The molecule has 3 rings (SSSR count). The molecule has 0 saturated heterocycles. The Kier molecular flexibility index (Phi) is 5.99. The Hall–Kier alpha value is -2.42. The molecule has 2 aromatic heterocycles. The maximum Gasteiger partial charge on any atom is 0.260 e. The van der Waals surface area contributed by atoms with Crippen LogP contribution in [0.1, 0.15) is 45.4 Å². The lowest BCUT2D eigenvalue weighted by atomic mass is 10.1. The minimum absolute atomic E-state index is 0.0611. The van der Waals surface area contributed by atoms with Gasteiger partial charge in [0.05, 0.1) is 0 Å². The van der Waals surface area contributed by atoms with Gasteiger partial charge in [0.2, 0.25) is 0 Å². The van der Waals surface area contributed by atoms with Crippen molar-refractivity contribution in [2.24, 2.45) is 0 Å². The van der Waals surface area contributed by atoms with Crippen molar-refractivity contribution in [3.05, 3.63) is 65.1 Å². The first-order valence-corrected chi connectivity index (χ1v) is 9.35. The maximum absolute atomic E-state index is 13.1. The average molecular weight is 334 g/mol. The summed E-state index contributed by atoms with van der Waals surface area (Å²) >= 11 is 0. The van der Waals surface area contributed by atoms with Crippen LogP contribution in [0.2, 0.25) is 0 Å². The molecule has 0 saturated carbocycles. The number of benzene rings is 1. The van der Waals surface area contributed by atoms with Crippen molar-refractivity contribution in [3.63, 3.8) is 0 Å². The monoisotopic (exact) mass is 334 g/mol. The first kappa shape index (κ1) is 17.4. The molecule has 0 radical (unpaired) electrons. The Bertz CT molecular complexity index is 868. The Labute approximate surface area is 149 Å². The molecule has 0 aliphatic rings. The highest BCUT2D eigenvalue weighted by atomic mass is 16.1. The summed E-state index contributed by atoms with van der Waals surface area (Å²) in [7, 11) is 0. The summed E-state index contributed by atoms with van der Waals surface area (Å²) in [5.74, 6) is 0. The standard InChI is InChI=1S/C22H26N2O/c1-2-3-4-5-6-10-16-24-21-19(14-11-15-23-21)17-20(22(24)25)18-12-8-7-9-13-18/h7-9,11-15,17H,2-6,10,16H2,1H3. The Balaban J connectivity index is 1.90. The van der Waals surface area contributed by atoms with Gasteiger partial charge in [-0.3, -0.25) is 9.36 Å². The molecule has 0 bridgehead atoms. The lowest BCUT2D eigenvalue weighted by molar-refractivity contribution is 0.557. The number of nitrogens with zero attached hydrogens (tertiary/aromatic N) is 2.